The highest BCUT2D eigenvalue weighted by Gasteiger charge is 2.34. The summed E-state index contributed by atoms with van der Waals surface area (Å²) in [4.78, 5) is 11.4. The van der Waals surface area contributed by atoms with E-state index < -0.39 is 0 Å². The van der Waals surface area contributed by atoms with E-state index in [1.807, 2.05) is 19.9 Å². The van der Waals surface area contributed by atoms with Gasteiger partial charge in [0.1, 0.15) is 17.2 Å². The summed E-state index contributed by atoms with van der Waals surface area (Å²) in [6, 6.07) is 5.41. The van der Waals surface area contributed by atoms with Gasteiger partial charge in [-0.3, -0.25) is 4.79 Å². The van der Waals surface area contributed by atoms with Crippen molar-refractivity contribution in [2.75, 3.05) is 6.26 Å². The first-order chi connectivity index (χ1) is 15.5. The number of rotatable bonds is 5. The summed E-state index contributed by atoms with van der Waals surface area (Å²) in [5.41, 5.74) is 2.30. The predicted octanol–water partition coefficient (Wildman–Crippen LogP) is 8.54. The van der Waals surface area contributed by atoms with Crippen LogP contribution in [0.4, 0.5) is 0 Å². The fraction of sp³-hybridized carbons (Fsp3) is 0.600. The van der Waals surface area contributed by atoms with Crippen LogP contribution in [-0.4, -0.2) is 23.3 Å². The molecule has 2 aromatic rings. The van der Waals surface area contributed by atoms with Crippen LogP contribution in [0.5, 0.6) is 0 Å². The summed E-state index contributed by atoms with van der Waals surface area (Å²) in [7, 11) is 0. The van der Waals surface area contributed by atoms with E-state index in [0.29, 0.717) is 52.5 Å². The van der Waals surface area contributed by atoms with E-state index in [2.05, 4.69) is 31.6 Å². The molecule has 4 nitrogen and oxygen atoms in total. The fourth-order valence-electron chi connectivity index (χ4n) is 3.33. The van der Waals surface area contributed by atoms with Crippen molar-refractivity contribution in [1.82, 2.24) is 5.16 Å². The third kappa shape index (κ3) is 8.40. The van der Waals surface area contributed by atoms with Crippen LogP contribution in [-0.2, 0) is 16.1 Å². The van der Waals surface area contributed by atoms with Gasteiger partial charge in [0.2, 0.25) is 0 Å². The van der Waals surface area contributed by atoms with Crippen molar-refractivity contribution in [2.24, 2.45) is 0 Å². The number of Topliss-reactive ketones (excluding diaryl/α,β-unsaturated/α-hetero) is 1. The van der Waals surface area contributed by atoms with Crippen LogP contribution >= 0.6 is 35.8 Å². The van der Waals surface area contributed by atoms with Crippen molar-refractivity contribution in [3.05, 3.63) is 39.6 Å². The van der Waals surface area contributed by atoms with Gasteiger partial charge in [0, 0.05) is 29.9 Å². The number of hydrogen-bond acceptors (Lipinski definition) is 5. The van der Waals surface area contributed by atoms with Crippen LogP contribution in [0.25, 0.3) is 11.3 Å². The zero-order valence-corrected chi connectivity index (χ0v) is 22.3. The molecule has 2 aliphatic carbocycles. The van der Waals surface area contributed by atoms with Crippen molar-refractivity contribution < 1.29 is 14.1 Å². The Morgan fingerprint density at radius 2 is 1.59 bits per heavy atom. The molecule has 0 saturated heterocycles. The van der Waals surface area contributed by atoms with Gasteiger partial charge in [-0.15, -0.1) is 0 Å². The zero-order chi connectivity index (χ0) is 24.1. The number of nitrogens with zero attached hydrogens (tertiary/aromatic N) is 1. The van der Waals surface area contributed by atoms with Crippen molar-refractivity contribution in [1.29, 1.82) is 0 Å². The van der Waals surface area contributed by atoms with Crippen molar-refractivity contribution >= 4 is 41.6 Å². The lowest BCUT2D eigenvalue weighted by molar-refractivity contribution is -0.123. The molecule has 0 unspecified atom stereocenters. The van der Waals surface area contributed by atoms with Gasteiger partial charge < -0.3 is 9.26 Å². The van der Waals surface area contributed by atoms with Gasteiger partial charge in [-0.25, -0.2) is 0 Å². The van der Waals surface area contributed by atoms with E-state index >= 15 is 0 Å². The highest BCUT2D eigenvalue weighted by molar-refractivity contribution is 7.79. The summed E-state index contributed by atoms with van der Waals surface area (Å²) in [6.07, 6.45) is 8.04. The van der Waals surface area contributed by atoms with Crippen LogP contribution in [0.15, 0.2) is 22.7 Å². The maximum Gasteiger partial charge on any atom is 0.145 e. The van der Waals surface area contributed by atoms with E-state index in [1.54, 1.807) is 18.4 Å². The van der Waals surface area contributed by atoms with Crippen molar-refractivity contribution in [3.63, 3.8) is 0 Å². The molecule has 0 spiro atoms. The topological polar surface area (TPSA) is 52.3 Å². The first-order valence-electron chi connectivity index (χ1n) is 11.6. The number of halogens is 2. The summed E-state index contributed by atoms with van der Waals surface area (Å²) >= 11 is 16.2. The number of carbonyl (C=O) groups excluding carboxylic acids is 1. The lowest BCUT2D eigenvalue weighted by atomic mass is 9.96. The Morgan fingerprint density at radius 1 is 1.06 bits per heavy atom. The molecular weight excluding hydrogens is 465 g/mol. The summed E-state index contributed by atoms with van der Waals surface area (Å²) in [5, 5.41) is 5.36. The second-order valence-electron chi connectivity index (χ2n) is 7.50. The largest absolute Gasteiger partial charge is 0.373 e. The SMILES string of the molecule is CC.CCC.CS.O=C1CCC(OCc2c(-c3c(Cl)cccc3Cl)noc2C2CC2)CC1. The fourth-order valence-corrected chi connectivity index (χ4v) is 3.91. The molecule has 32 heavy (non-hydrogen) atoms. The number of carbonyl (C=O) groups is 1. The molecule has 7 heteroatoms. The molecule has 0 radical (unpaired) electrons. The Hall–Kier alpha value is -1.01. The van der Waals surface area contributed by atoms with Crippen LogP contribution in [0.3, 0.4) is 0 Å². The predicted molar refractivity (Wildman–Crippen MR) is 138 cm³/mol. The first-order valence-corrected chi connectivity index (χ1v) is 13.2. The second kappa shape index (κ2) is 15.8. The van der Waals surface area contributed by atoms with Crippen molar-refractivity contribution in [2.45, 2.75) is 91.3 Å². The van der Waals surface area contributed by atoms with Crippen LogP contribution in [0, 0.1) is 0 Å². The average molecular weight is 503 g/mol. The van der Waals surface area contributed by atoms with E-state index in [0.717, 1.165) is 37.0 Å². The summed E-state index contributed by atoms with van der Waals surface area (Å²) in [6.45, 7) is 8.66. The molecule has 0 N–H and O–H groups in total. The minimum atomic E-state index is 0.106. The molecule has 2 saturated carbocycles. The molecule has 2 aliphatic rings. The lowest BCUT2D eigenvalue weighted by Gasteiger charge is -2.21. The maximum atomic E-state index is 11.4. The Balaban J connectivity index is 0.000000662. The third-order valence-electron chi connectivity index (χ3n) is 4.92. The molecule has 0 bridgehead atoms. The minimum Gasteiger partial charge on any atom is -0.373 e. The van der Waals surface area contributed by atoms with Gasteiger partial charge in [0.05, 0.1) is 22.8 Å². The van der Waals surface area contributed by atoms with E-state index in [-0.39, 0.29) is 6.10 Å². The number of hydrogen-bond donors (Lipinski definition) is 1. The summed E-state index contributed by atoms with van der Waals surface area (Å²) < 4.78 is 11.7. The van der Waals surface area contributed by atoms with Gasteiger partial charge in [-0.1, -0.05) is 68.5 Å². The van der Waals surface area contributed by atoms with Crippen LogP contribution in [0.1, 0.15) is 89.9 Å². The number of ketones is 1. The molecule has 0 amide bonds. The van der Waals surface area contributed by atoms with E-state index in [1.165, 1.54) is 6.42 Å². The number of aromatic nitrogens is 1. The molecule has 180 valence electrons. The van der Waals surface area contributed by atoms with Gasteiger partial charge in [-0.05, 0) is 44.1 Å². The Morgan fingerprint density at radius 3 is 2.09 bits per heavy atom. The van der Waals surface area contributed by atoms with Crippen LogP contribution < -0.4 is 0 Å². The second-order valence-corrected chi connectivity index (χ2v) is 8.32. The van der Waals surface area contributed by atoms with E-state index in [9.17, 15) is 4.79 Å². The average Bonchev–Trinajstić information content (AvgIpc) is 3.57. The molecule has 1 aromatic heterocycles. The molecule has 2 fully saturated rings. The quantitative estimate of drug-likeness (QED) is 0.416. The minimum absolute atomic E-state index is 0.106. The van der Waals surface area contributed by atoms with Gasteiger partial charge >= 0.3 is 0 Å². The normalized spacial score (nSPS) is 15.6. The molecule has 4 rings (SSSR count). The maximum absolute atomic E-state index is 11.4. The highest BCUT2D eigenvalue weighted by atomic mass is 35.5. The summed E-state index contributed by atoms with van der Waals surface area (Å²) in [5.74, 6) is 1.62. The van der Waals surface area contributed by atoms with Crippen molar-refractivity contribution in [3.8, 4) is 11.3 Å². The molecular formula is C25H37Cl2NO3S. The monoisotopic (exact) mass is 501 g/mol. The Kier molecular flexibility index (Phi) is 14.3. The third-order valence-corrected chi connectivity index (χ3v) is 5.55. The van der Waals surface area contributed by atoms with E-state index in [4.69, 9.17) is 32.5 Å². The van der Waals surface area contributed by atoms with Crippen LogP contribution in [0.2, 0.25) is 10.0 Å². The molecule has 1 heterocycles. The smallest absolute Gasteiger partial charge is 0.145 e. The standard InChI is InChI=1S/C19H19Cl2NO3.C3H8.C2H6.CH4S/c20-15-2-1-3-16(21)17(15)18-14(19(25-22-18)11-4-5-11)10-24-13-8-6-12(23)7-9-13;1-3-2;2*1-2/h1-3,11,13H,4-10H2;3H2,1-2H3;1-2H3;2H,1H3. The Labute approximate surface area is 208 Å². The van der Waals surface area contributed by atoms with Gasteiger partial charge in [-0.2, -0.15) is 12.6 Å². The zero-order valence-electron chi connectivity index (χ0n) is 19.9. The molecule has 0 atom stereocenters. The lowest BCUT2D eigenvalue weighted by Crippen LogP contribution is -2.21. The number of benzene rings is 1. The first kappa shape index (κ1) is 29.0. The van der Waals surface area contributed by atoms with Gasteiger partial charge in [0.15, 0.2) is 0 Å². The molecule has 1 aromatic carbocycles. The molecule has 0 aliphatic heterocycles. The number of ether oxygens (including phenoxy) is 1. The number of thiol groups is 1. The highest BCUT2D eigenvalue weighted by Crippen LogP contribution is 2.46. The van der Waals surface area contributed by atoms with Gasteiger partial charge in [0.25, 0.3) is 0 Å². The Bertz CT molecular complexity index is 791.